The number of amides is 2. The molecule has 0 aliphatic heterocycles. The molecule has 0 heterocycles. The molecule has 0 fully saturated rings. The van der Waals surface area contributed by atoms with Gasteiger partial charge in [-0.3, -0.25) is 4.79 Å². The van der Waals surface area contributed by atoms with E-state index < -0.39 is 30.1 Å². The summed E-state index contributed by atoms with van der Waals surface area (Å²) in [5, 5.41) is 14.6. The van der Waals surface area contributed by atoms with Crippen molar-refractivity contribution in [3.8, 4) is 11.1 Å². The van der Waals surface area contributed by atoms with Crippen LogP contribution in [-0.2, 0) is 14.3 Å². The maximum atomic E-state index is 12.7. The van der Waals surface area contributed by atoms with Gasteiger partial charge in [0.05, 0.1) is 0 Å². The summed E-state index contributed by atoms with van der Waals surface area (Å²) < 4.78 is 5.51. The van der Waals surface area contributed by atoms with Gasteiger partial charge >= 0.3 is 12.1 Å². The Kier molecular flexibility index (Phi) is 7.41. The minimum atomic E-state index is -1.10. The van der Waals surface area contributed by atoms with Crippen LogP contribution in [-0.4, -0.2) is 41.8 Å². The highest BCUT2D eigenvalue weighted by atomic mass is 16.5. The molecule has 0 radical (unpaired) electrons. The molecule has 33 heavy (non-hydrogen) atoms. The SMILES string of the molecule is CC[C@@H](NC(=O)OCC1c2ccccc2-c2ccccc21)C(=O)NC(CC(C)(C)C)C(=O)O. The molecule has 2 amide bonds. The van der Waals surface area contributed by atoms with Gasteiger partial charge in [0.2, 0.25) is 5.91 Å². The third kappa shape index (κ3) is 5.92. The van der Waals surface area contributed by atoms with E-state index in [0.29, 0.717) is 6.42 Å². The predicted octanol–water partition coefficient (Wildman–Crippen LogP) is 4.31. The second-order valence-electron chi connectivity index (χ2n) is 9.59. The topological polar surface area (TPSA) is 105 Å². The fourth-order valence-corrected chi connectivity index (χ4v) is 4.22. The number of alkyl carbamates (subject to hydrolysis) is 1. The van der Waals surface area contributed by atoms with Gasteiger partial charge < -0.3 is 20.5 Å². The second kappa shape index (κ2) is 10.1. The van der Waals surface area contributed by atoms with E-state index >= 15 is 0 Å². The Morgan fingerprint density at radius 2 is 1.48 bits per heavy atom. The number of carboxylic acid groups (broad SMARTS) is 1. The molecule has 0 spiro atoms. The quantitative estimate of drug-likeness (QED) is 0.554. The van der Waals surface area contributed by atoms with Gasteiger partial charge in [0, 0.05) is 5.92 Å². The van der Waals surface area contributed by atoms with E-state index in [9.17, 15) is 19.5 Å². The van der Waals surface area contributed by atoms with Gasteiger partial charge in [-0.2, -0.15) is 0 Å². The molecule has 2 aromatic carbocycles. The smallest absolute Gasteiger partial charge is 0.407 e. The molecule has 2 atom stereocenters. The number of carbonyl (C=O) groups excluding carboxylic acids is 2. The summed E-state index contributed by atoms with van der Waals surface area (Å²) in [6.07, 6.45) is -0.130. The normalized spacial score (nSPS) is 14.5. The van der Waals surface area contributed by atoms with Gasteiger partial charge in [0.15, 0.2) is 0 Å². The highest BCUT2D eigenvalue weighted by Gasteiger charge is 2.31. The first-order valence-corrected chi connectivity index (χ1v) is 11.3. The van der Waals surface area contributed by atoms with Crippen molar-refractivity contribution in [2.75, 3.05) is 6.61 Å². The Labute approximate surface area is 194 Å². The van der Waals surface area contributed by atoms with Gasteiger partial charge in [-0.05, 0) is 40.5 Å². The maximum absolute atomic E-state index is 12.7. The molecule has 1 aliphatic carbocycles. The zero-order valence-electron chi connectivity index (χ0n) is 19.6. The van der Waals surface area contributed by atoms with Crippen molar-refractivity contribution < 1.29 is 24.2 Å². The van der Waals surface area contributed by atoms with Crippen LogP contribution in [0.25, 0.3) is 11.1 Å². The first-order valence-electron chi connectivity index (χ1n) is 11.3. The van der Waals surface area contributed by atoms with Gasteiger partial charge in [-0.25, -0.2) is 9.59 Å². The number of rotatable bonds is 8. The molecular formula is C26H32N2O5. The molecule has 7 heteroatoms. The van der Waals surface area contributed by atoms with Crippen LogP contribution in [0, 0.1) is 5.41 Å². The van der Waals surface area contributed by atoms with Crippen LogP contribution in [0.5, 0.6) is 0 Å². The molecule has 0 bridgehead atoms. The van der Waals surface area contributed by atoms with E-state index in [1.165, 1.54) is 0 Å². The van der Waals surface area contributed by atoms with Crippen LogP contribution in [0.2, 0.25) is 0 Å². The molecular weight excluding hydrogens is 420 g/mol. The van der Waals surface area contributed by atoms with Crippen LogP contribution in [0.4, 0.5) is 4.79 Å². The third-order valence-electron chi connectivity index (χ3n) is 5.79. The van der Waals surface area contributed by atoms with E-state index in [-0.39, 0.29) is 24.4 Å². The molecule has 176 valence electrons. The molecule has 1 aliphatic rings. The molecule has 7 nitrogen and oxygen atoms in total. The van der Waals surface area contributed by atoms with Crippen molar-refractivity contribution in [1.29, 1.82) is 0 Å². The summed E-state index contributed by atoms with van der Waals surface area (Å²) in [6, 6.07) is 14.2. The number of carbonyl (C=O) groups is 3. The van der Waals surface area contributed by atoms with E-state index in [4.69, 9.17) is 4.74 Å². The van der Waals surface area contributed by atoms with E-state index in [1.54, 1.807) is 6.92 Å². The van der Waals surface area contributed by atoms with Crippen molar-refractivity contribution in [1.82, 2.24) is 10.6 Å². The summed E-state index contributed by atoms with van der Waals surface area (Å²) in [6.45, 7) is 7.59. The molecule has 0 aromatic heterocycles. The lowest BCUT2D eigenvalue weighted by Gasteiger charge is -2.26. The zero-order chi connectivity index (χ0) is 24.2. The first kappa shape index (κ1) is 24.3. The summed E-state index contributed by atoms with van der Waals surface area (Å²) in [5.74, 6) is -1.72. The number of nitrogens with one attached hydrogen (secondary N) is 2. The molecule has 1 unspecified atom stereocenters. The maximum Gasteiger partial charge on any atom is 0.407 e. The van der Waals surface area contributed by atoms with Crippen LogP contribution < -0.4 is 10.6 Å². The number of carboxylic acids is 1. The van der Waals surface area contributed by atoms with Crippen LogP contribution in [0.15, 0.2) is 48.5 Å². The lowest BCUT2D eigenvalue weighted by atomic mass is 9.88. The molecule has 3 rings (SSSR count). The van der Waals surface area contributed by atoms with Crippen molar-refractivity contribution in [2.24, 2.45) is 5.41 Å². The van der Waals surface area contributed by atoms with Crippen molar-refractivity contribution >= 4 is 18.0 Å². The minimum absolute atomic E-state index is 0.0831. The Morgan fingerprint density at radius 1 is 0.939 bits per heavy atom. The monoisotopic (exact) mass is 452 g/mol. The largest absolute Gasteiger partial charge is 0.480 e. The fourth-order valence-electron chi connectivity index (χ4n) is 4.22. The molecule has 3 N–H and O–H groups in total. The number of benzene rings is 2. The van der Waals surface area contributed by atoms with E-state index in [1.807, 2.05) is 57.2 Å². The van der Waals surface area contributed by atoms with E-state index in [2.05, 4.69) is 22.8 Å². The van der Waals surface area contributed by atoms with Crippen molar-refractivity contribution in [3.63, 3.8) is 0 Å². The molecule has 0 saturated carbocycles. The number of ether oxygens (including phenoxy) is 1. The number of hydrogen-bond donors (Lipinski definition) is 3. The standard InChI is InChI=1S/C26H32N2O5/c1-5-21(23(29)27-22(24(30)31)14-26(2,3)4)28-25(32)33-15-20-18-12-8-6-10-16(18)17-11-7-9-13-19(17)20/h6-13,20-22H,5,14-15H2,1-4H3,(H,27,29)(H,28,32)(H,30,31)/t21-,22?/m1/s1. The Balaban J connectivity index is 1.62. The van der Waals surface area contributed by atoms with Crippen LogP contribution >= 0.6 is 0 Å². The number of aliphatic carboxylic acids is 1. The van der Waals surface area contributed by atoms with Crippen molar-refractivity contribution in [2.45, 2.75) is 58.5 Å². The Morgan fingerprint density at radius 3 is 1.97 bits per heavy atom. The lowest BCUT2D eigenvalue weighted by Crippen LogP contribution is -2.52. The van der Waals surface area contributed by atoms with E-state index in [0.717, 1.165) is 22.3 Å². The zero-order valence-corrected chi connectivity index (χ0v) is 19.6. The van der Waals surface area contributed by atoms with Crippen LogP contribution in [0.3, 0.4) is 0 Å². The second-order valence-corrected chi connectivity index (χ2v) is 9.59. The number of fused-ring (bicyclic) bond motifs is 3. The summed E-state index contributed by atoms with van der Waals surface area (Å²) in [7, 11) is 0. The highest BCUT2D eigenvalue weighted by molar-refractivity contribution is 5.89. The lowest BCUT2D eigenvalue weighted by molar-refractivity contribution is -0.143. The van der Waals surface area contributed by atoms with Crippen molar-refractivity contribution in [3.05, 3.63) is 59.7 Å². The average molecular weight is 453 g/mol. The van der Waals surface area contributed by atoms with Gasteiger partial charge in [0.1, 0.15) is 18.7 Å². The van der Waals surface area contributed by atoms with Gasteiger partial charge in [0.25, 0.3) is 0 Å². The number of hydrogen-bond acceptors (Lipinski definition) is 4. The summed E-state index contributed by atoms with van der Waals surface area (Å²) in [5.41, 5.74) is 4.18. The molecule has 0 saturated heterocycles. The summed E-state index contributed by atoms with van der Waals surface area (Å²) in [4.78, 5) is 36.7. The summed E-state index contributed by atoms with van der Waals surface area (Å²) >= 11 is 0. The minimum Gasteiger partial charge on any atom is -0.480 e. The van der Waals surface area contributed by atoms with Gasteiger partial charge in [-0.15, -0.1) is 0 Å². The Bertz CT molecular complexity index is 982. The fraction of sp³-hybridized carbons (Fsp3) is 0.423. The molecule has 2 aromatic rings. The first-order chi connectivity index (χ1) is 15.6. The Hall–Kier alpha value is -3.35. The highest BCUT2D eigenvalue weighted by Crippen LogP contribution is 2.44. The predicted molar refractivity (Wildman–Crippen MR) is 126 cm³/mol. The van der Waals surface area contributed by atoms with Crippen LogP contribution in [0.1, 0.15) is 57.6 Å². The van der Waals surface area contributed by atoms with Gasteiger partial charge in [-0.1, -0.05) is 76.2 Å². The third-order valence-corrected chi connectivity index (χ3v) is 5.79. The average Bonchev–Trinajstić information content (AvgIpc) is 3.08.